The Bertz CT molecular complexity index is 788. The zero-order chi connectivity index (χ0) is 19.6. The third kappa shape index (κ3) is 7.01. The zero-order valence-electron chi connectivity index (χ0n) is 15.7. The van der Waals surface area contributed by atoms with Crippen LogP contribution in [0.2, 0.25) is 0 Å². The van der Waals surface area contributed by atoms with E-state index in [9.17, 15) is 9.59 Å². The fraction of sp³-hybridized carbons (Fsp3) is 0.333. The molecule has 0 heterocycles. The van der Waals surface area contributed by atoms with Crippen molar-refractivity contribution in [3.8, 4) is 11.5 Å². The Kier molecular flexibility index (Phi) is 7.67. The predicted molar refractivity (Wildman–Crippen MR) is 102 cm³/mol. The van der Waals surface area contributed by atoms with Crippen molar-refractivity contribution < 1.29 is 24.2 Å². The summed E-state index contributed by atoms with van der Waals surface area (Å²) in [7, 11) is 1.59. The van der Waals surface area contributed by atoms with E-state index in [-0.39, 0.29) is 18.7 Å². The Hall–Kier alpha value is -3.02. The molecule has 27 heavy (non-hydrogen) atoms. The Balaban J connectivity index is 1.87. The Labute approximate surface area is 159 Å². The zero-order valence-corrected chi connectivity index (χ0v) is 15.7. The van der Waals surface area contributed by atoms with Gasteiger partial charge < -0.3 is 19.9 Å². The van der Waals surface area contributed by atoms with Crippen LogP contribution in [-0.2, 0) is 22.6 Å². The largest absolute Gasteiger partial charge is 0.493 e. The van der Waals surface area contributed by atoms with Crippen LogP contribution in [0.1, 0.15) is 29.5 Å². The maximum absolute atomic E-state index is 11.5. The highest BCUT2D eigenvalue weighted by molar-refractivity contribution is 5.80. The number of carboxylic acids is 1. The standard InChI is InChI=1S/C21H25NO5/c1-15-4-3-5-17(12-15)14-27-18-7-6-16(13-19(18)26-2)10-11-22-20(23)8-9-21(24)25/h3-7,12-13H,8-11,14H2,1-2H3,(H,22,23)(H,24,25). The molecule has 0 atom stereocenters. The summed E-state index contributed by atoms with van der Waals surface area (Å²) in [6, 6.07) is 13.8. The molecule has 0 radical (unpaired) electrons. The fourth-order valence-corrected chi connectivity index (χ4v) is 2.60. The second-order valence-corrected chi connectivity index (χ2v) is 6.26. The minimum absolute atomic E-state index is 0.00953. The molecule has 0 aliphatic heterocycles. The van der Waals surface area contributed by atoms with Gasteiger partial charge in [0.15, 0.2) is 11.5 Å². The number of amides is 1. The van der Waals surface area contributed by atoms with E-state index < -0.39 is 5.97 Å². The summed E-state index contributed by atoms with van der Waals surface area (Å²) in [5.41, 5.74) is 3.27. The number of hydrogen-bond donors (Lipinski definition) is 2. The number of ether oxygens (including phenoxy) is 2. The Morgan fingerprint density at radius 3 is 2.56 bits per heavy atom. The lowest BCUT2D eigenvalue weighted by atomic mass is 10.1. The number of hydrogen-bond acceptors (Lipinski definition) is 4. The van der Waals surface area contributed by atoms with Crippen molar-refractivity contribution in [3.05, 3.63) is 59.2 Å². The van der Waals surface area contributed by atoms with Crippen molar-refractivity contribution in [2.75, 3.05) is 13.7 Å². The molecule has 144 valence electrons. The van der Waals surface area contributed by atoms with Crippen LogP contribution in [0.3, 0.4) is 0 Å². The first kappa shape index (κ1) is 20.3. The van der Waals surface area contributed by atoms with Gasteiger partial charge in [-0.05, 0) is 36.6 Å². The molecule has 0 spiro atoms. The molecule has 0 aliphatic carbocycles. The lowest BCUT2D eigenvalue weighted by Crippen LogP contribution is -2.26. The van der Waals surface area contributed by atoms with Crippen LogP contribution in [0.4, 0.5) is 0 Å². The van der Waals surface area contributed by atoms with Gasteiger partial charge in [-0.25, -0.2) is 0 Å². The molecule has 2 aromatic rings. The van der Waals surface area contributed by atoms with Crippen molar-refractivity contribution in [3.63, 3.8) is 0 Å². The van der Waals surface area contributed by atoms with Gasteiger partial charge in [-0.2, -0.15) is 0 Å². The van der Waals surface area contributed by atoms with E-state index in [1.807, 2.05) is 43.3 Å². The number of aryl methyl sites for hydroxylation is 1. The number of benzene rings is 2. The first-order valence-electron chi connectivity index (χ1n) is 8.81. The Morgan fingerprint density at radius 2 is 1.85 bits per heavy atom. The number of rotatable bonds is 10. The molecule has 2 rings (SSSR count). The van der Waals surface area contributed by atoms with Gasteiger partial charge in [0, 0.05) is 13.0 Å². The average molecular weight is 371 g/mol. The molecule has 0 aromatic heterocycles. The van der Waals surface area contributed by atoms with Gasteiger partial charge in [0.2, 0.25) is 5.91 Å². The lowest BCUT2D eigenvalue weighted by molar-refractivity contribution is -0.138. The third-order valence-electron chi connectivity index (χ3n) is 4.01. The van der Waals surface area contributed by atoms with Crippen molar-refractivity contribution in [2.24, 2.45) is 0 Å². The SMILES string of the molecule is COc1cc(CCNC(=O)CCC(=O)O)ccc1OCc1cccc(C)c1. The molecular formula is C21H25NO5. The topological polar surface area (TPSA) is 84.9 Å². The van der Waals surface area contributed by atoms with Crippen LogP contribution in [0.15, 0.2) is 42.5 Å². The van der Waals surface area contributed by atoms with Gasteiger partial charge in [-0.15, -0.1) is 0 Å². The molecule has 0 unspecified atom stereocenters. The quantitative estimate of drug-likeness (QED) is 0.670. The molecule has 0 bridgehead atoms. The average Bonchev–Trinajstić information content (AvgIpc) is 2.65. The van der Waals surface area contributed by atoms with E-state index in [1.54, 1.807) is 7.11 Å². The summed E-state index contributed by atoms with van der Waals surface area (Å²) in [4.78, 5) is 22.0. The van der Waals surface area contributed by atoms with E-state index >= 15 is 0 Å². The van der Waals surface area contributed by atoms with Crippen molar-refractivity contribution in [2.45, 2.75) is 32.8 Å². The van der Waals surface area contributed by atoms with Gasteiger partial charge in [0.05, 0.1) is 13.5 Å². The molecule has 0 aliphatic rings. The van der Waals surface area contributed by atoms with Crippen LogP contribution < -0.4 is 14.8 Å². The van der Waals surface area contributed by atoms with Gasteiger partial charge in [-0.3, -0.25) is 9.59 Å². The van der Waals surface area contributed by atoms with Crippen LogP contribution >= 0.6 is 0 Å². The van der Waals surface area contributed by atoms with Crippen LogP contribution in [0.25, 0.3) is 0 Å². The summed E-state index contributed by atoms with van der Waals surface area (Å²) in [6.45, 7) is 2.93. The smallest absolute Gasteiger partial charge is 0.303 e. The number of nitrogens with one attached hydrogen (secondary N) is 1. The highest BCUT2D eigenvalue weighted by atomic mass is 16.5. The molecule has 0 saturated heterocycles. The van der Waals surface area contributed by atoms with Gasteiger partial charge >= 0.3 is 5.97 Å². The number of aliphatic carboxylic acids is 1. The fourth-order valence-electron chi connectivity index (χ4n) is 2.60. The van der Waals surface area contributed by atoms with Crippen LogP contribution in [-0.4, -0.2) is 30.6 Å². The minimum Gasteiger partial charge on any atom is -0.493 e. The number of methoxy groups -OCH3 is 1. The second kappa shape index (κ2) is 10.2. The van der Waals surface area contributed by atoms with Crippen molar-refractivity contribution in [1.82, 2.24) is 5.32 Å². The molecule has 2 N–H and O–H groups in total. The summed E-state index contributed by atoms with van der Waals surface area (Å²) in [5.74, 6) is 0.0595. The molecule has 6 nitrogen and oxygen atoms in total. The van der Waals surface area contributed by atoms with Crippen molar-refractivity contribution in [1.29, 1.82) is 0 Å². The Morgan fingerprint density at radius 1 is 1.04 bits per heavy atom. The molecule has 1 amide bonds. The first-order valence-corrected chi connectivity index (χ1v) is 8.81. The van der Waals surface area contributed by atoms with E-state index in [0.717, 1.165) is 11.1 Å². The van der Waals surface area contributed by atoms with E-state index in [2.05, 4.69) is 11.4 Å². The van der Waals surface area contributed by atoms with Gasteiger partial charge in [0.25, 0.3) is 0 Å². The maximum Gasteiger partial charge on any atom is 0.303 e. The predicted octanol–water partition coefficient (Wildman–Crippen LogP) is 3.11. The van der Waals surface area contributed by atoms with E-state index in [4.69, 9.17) is 14.6 Å². The second-order valence-electron chi connectivity index (χ2n) is 6.26. The maximum atomic E-state index is 11.5. The highest BCUT2D eigenvalue weighted by Gasteiger charge is 2.08. The summed E-state index contributed by atoms with van der Waals surface area (Å²) in [5, 5.41) is 11.3. The van der Waals surface area contributed by atoms with E-state index in [1.165, 1.54) is 5.56 Å². The van der Waals surface area contributed by atoms with Gasteiger partial charge in [-0.1, -0.05) is 35.9 Å². The monoisotopic (exact) mass is 371 g/mol. The summed E-state index contributed by atoms with van der Waals surface area (Å²) in [6.07, 6.45) is 0.449. The number of carbonyl (C=O) groups is 2. The van der Waals surface area contributed by atoms with Gasteiger partial charge in [0.1, 0.15) is 6.61 Å². The molecule has 2 aromatic carbocycles. The van der Waals surface area contributed by atoms with Crippen LogP contribution in [0, 0.1) is 6.92 Å². The summed E-state index contributed by atoms with van der Waals surface area (Å²) >= 11 is 0. The highest BCUT2D eigenvalue weighted by Crippen LogP contribution is 2.29. The molecule has 0 fully saturated rings. The summed E-state index contributed by atoms with van der Waals surface area (Å²) < 4.78 is 11.3. The normalized spacial score (nSPS) is 10.3. The van der Waals surface area contributed by atoms with E-state index in [0.29, 0.717) is 31.1 Å². The molecule has 6 heteroatoms. The molecular weight excluding hydrogens is 346 g/mol. The number of carboxylic acid groups (broad SMARTS) is 1. The number of carbonyl (C=O) groups excluding carboxylic acids is 1. The lowest BCUT2D eigenvalue weighted by Gasteiger charge is -2.13. The minimum atomic E-state index is -0.976. The molecule has 0 saturated carbocycles. The first-order chi connectivity index (χ1) is 13.0. The van der Waals surface area contributed by atoms with Crippen LogP contribution in [0.5, 0.6) is 11.5 Å². The van der Waals surface area contributed by atoms with Crippen molar-refractivity contribution >= 4 is 11.9 Å². The third-order valence-corrected chi connectivity index (χ3v) is 4.01.